The molecule has 1 aliphatic rings. The van der Waals surface area contributed by atoms with Gasteiger partial charge in [-0.05, 0) is 18.4 Å². The van der Waals surface area contributed by atoms with E-state index in [2.05, 4.69) is 5.10 Å². The fraction of sp³-hybridized carbons (Fsp3) is 0.769. The molecule has 1 unspecified atom stereocenters. The van der Waals surface area contributed by atoms with Crippen molar-refractivity contribution < 1.29 is 9.47 Å². The number of methoxy groups -OCH3 is 1. The molecule has 2 rings (SSSR count). The number of nitrogens with two attached hydrogens (primary N) is 1. The van der Waals surface area contributed by atoms with Gasteiger partial charge in [0.25, 0.3) is 0 Å². The molecule has 18 heavy (non-hydrogen) atoms. The van der Waals surface area contributed by atoms with Crippen molar-refractivity contribution in [3.05, 3.63) is 18.0 Å². The third-order valence-electron chi connectivity index (χ3n) is 3.92. The topological polar surface area (TPSA) is 62.3 Å². The highest BCUT2D eigenvalue weighted by Crippen LogP contribution is 2.29. The van der Waals surface area contributed by atoms with E-state index in [1.165, 1.54) is 5.56 Å². The first kappa shape index (κ1) is 13.5. The monoisotopic (exact) mass is 253 g/mol. The van der Waals surface area contributed by atoms with Gasteiger partial charge in [-0.1, -0.05) is 0 Å². The van der Waals surface area contributed by atoms with Crippen LogP contribution in [0.5, 0.6) is 0 Å². The van der Waals surface area contributed by atoms with Gasteiger partial charge in [-0.25, -0.2) is 0 Å². The Morgan fingerprint density at radius 1 is 1.56 bits per heavy atom. The summed E-state index contributed by atoms with van der Waals surface area (Å²) in [5.74, 6) is 0. The molecule has 0 radical (unpaired) electrons. The average Bonchev–Trinajstić information content (AvgIpc) is 2.82. The van der Waals surface area contributed by atoms with Crippen molar-refractivity contribution in [1.82, 2.24) is 9.78 Å². The quantitative estimate of drug-likeness (QED) is 0.846. The van der Waals surface area contributed by atoms with Crippen molar-refractivity contribution in [2.45, 2.75) is 37.3 Å². The Balaban J connectivity index is 1.91. The standard InChI is InChI=1S/C13H23N3O2/c1-16-10-11(9-15-16)3-4-12(14)13(17-2)5-7-18-8-6-13/h9-10,12H,3-8,14H2,1-2H3. The first-order valence-electron chi connectivity index (χ1n) is 6.52. The molecular weight excluding hydrogens is 230 g/mol. The fourth-order valence-corrected chi connectivity index (χ4v) is 2.63. The predicted octanol–water partition coefficient (Wildman–Crippen LogP) is 0.876. The largest absolute Gasteiger partial charge is 0.381 e. The molecule has 2 heterocycles. The van der Waals surface area contributed by atoms with Crippen LogP contribution in [0.1, 0.15) is 24.8 Å². The highest BCUT2D eigenvalue weighted by Gasteiger charge is 2.38. The average molecular weight is 253 g/mol. The molecule has 0 saturated carbocycles. The number of hydrogen-bond acceptors (Lipinski definition) is 4. The first-order chi connectivity index (χ1) is 8.66. The van der Waals surface area contributed by atoms with Gasteiger partial charge in [0.05, 0.1) is 11.8 Å². The van der Waals surface area contributed by atoms with Crippen LogP contribution >= 0.6 is 0 Å². The number of hydrogen-bond donors (Lipinski definition) is 1. The van der Waals surface area contributed by atoms with Crippen LogP contribution < -0.4 is 5.73 Å². The van der Waals surface area contributed by atoms with Gasteiger partial charge in [0.1, 0.15) is 0 Å². The van der Waals surface area contributed by atoms with Crippen molar-refractivity contribution in [1.29, 1.82) is 0 Å². The Labute approximate surface area is 108 Å². The SMILES string of the molecule is COC1(C(N)CCc2cnn(C)c2)CCOCC1. The zero-order chi connectivity index (χ0) is 13.0. The zero-order valence-electron chi connectivity index (χ0n) is 11.3. The summed E-state index contributed by atoms with van der Waals surface area (Å²) in [7, 11) is 3.69. The lowest BCUT2D eigenvalue weighted by Gasteiger charge is -2.40. The van der Waals surface area contributed by atoms with Gasteiger partial charge < -0.3 is 15.2 Å². The highest BCUT2D eigenvalue weighted by molar-refractivity contribution is 5.05. The van der Waals surface area contributed by atoms with Crippen LogP contribution in [0.4, 0.5) is 0 Å². The minimum Gasteiger partial charge on any atom is -0.381 e. The molecule has 0 bridgehead atoms. The molecule has 5 nitrogen and oxygen atoms in total. The summed E-state index contributed by atoms with van der Waals surface area (Å²) in [5, 5.41) is 4.17. The highest BCUT2D eigenvalue weighted by atomic mass is 16.5. The van der Waals surface area contributed by atoms with E-state index in [1.54, 1.807) is 7.11 Å². The molecule has 0 aliphatic carbocycles. The van der Waals surface area contributed by atoms with Crippen LogP contribution in [-0.2, 0) is 22.9 Å². The molecule has 2 N–H and O–H groups in total. The summed E-state index contributed by atoms with van der Waals surface area (Å²) in [6.45, 7) is 1.49. The van der Waals surface area contributed by atoms with Gasteiger partial charge in [-0.3, -0.25) is 4.68 Å². The summed E-state index contributed by atoms with van der Waals surface area (Å²) in [6.07, 6.45) is 7.57. The summed E-state index contributed by atoms with van der Waals surface area (Å²) in [5.41, 5.74) is 7.36. The molecule has 1 aliphatic heterocycles. The minimum absolute atomic E-state index is 0.0478. The van der Waals surface area contributed by atoms with Crippen molar-refractivity contribution >= 4 is 0 Å². The number of aryl methyl sites for hydroxylation is 2. The van der Waals surface area contributed by atoms with Crippen LogP contribution in [0.25, 0.3) is 0 Å². The van der Waals surface area contributed by atoms with Crippen LogP contribution in [0.15, 0.2) is 12.4 Å². The van der Waals surface area contributed by atoms with E-state index in [9.17, 15) is 0 Å². The van der Waals surface area contributed by atoms with Crippen LogP contribution in [0.2, 0.25) is 0 Å². The number of nitrogens with zero attached hydrogens (tertiary/aromatic N) is 2. The van der Waals surface area contributed by atoms with Crippen LogP contribution in [-0.4, -0.2) is 41.7 Å². The maximum absolute atomic E-state index is 6.34. The summed E-state index contributed by atoms with van der Waals surface area (Å²) in [4.78, 5) is 0. The molecule has 0 amide bonds. The molecular formula is C13H23N3O2. The van der Waals surface area contributed by atoms with Gasteiger partial charge in [0, 0.05) is 52.5 Å². The number of ether oxygens (including phenoxy) is 2. The molecule has 1 fully saturated rings. The third-order valence-corrected chi connectivity index (χ3v) is 3.92. The lowest BCUT2D eigenvalue weighted by molar-refractivity contribution is -0.105. The van der Waals surface area contributed by atoms with Crippen molar-refractivity contribution in [3.63, 3.8) is 0 Å². The molecule has 1 aromatic rings. The van der Waals surface area contributed by atoms with E-state index in [0.29, 0.717) is 0 Å². The van der Waals surface area contributed by atoms with E-state index < -0.39 is 0 Å². The molecule has 1 aromatic heterocycles. The molecule has 5 heteroatoms. The smallest absolute Gasteiger partial charge is 0.0872 e. The normalized spacial score (nSPS) is 20.8. The van der Waals surface area contributed by atoms with E-state index in [0.717, 1.165) is 38.9 Å². The van der Waals surface area contributed by atoms with Gasteiger partial charge in [-0.15, -0.1) is 0 Å². The fourth-order valence-electron chi connectivity index (χ4n) is 2.63. The number of aromatic nitrogens is 2. The van der Waals surface area contributed by atoms with Crippen molar-refractivity contribution in [2.24, 2.45) is 12.8 Å². The molecule has 0 spiro atoms. The van der Waals surface area contributed by atoms with Gasteiger partial charge in [0.15, 0.2) is 0 Å². The Hall–Kier alpha value is -0.910. The van der Waals surface area contributed by atoms with E-state index in [1.807, 2.05) is 24.1 Å². The first-order valence-corrected chi connectivity index (χ1v) is 6.52. The maximum atomic E-state index is 6.34. The third kappa shape index (κ3) is 2.91. The van der Waals surface area contributed by atoms with Crippen LogP contribution in [0.3, 0.4) is 0 Å². The van der Waals surface area contributed by atoms with Gasteiger partial charge in [0.2, 0.25) is 0 Å². The van der Waals surface area contributed by atoms with Gasteiger partial charge in [-0.2, -0.15) is 5.10 Å². The van der Waals surface area contributed by atoms with Gasteiger partial charge >= 0.3 is 0 Å². The molecule has 0 aromatic carbocycles. The van der Waals surface area contributed by atoms with Crippen LogP contribution in [0, 0.1) is 0 Å². The molecule has 102 valence electrons. The number of rotatable bonds is 5. The Morgan fingerprint density at radius 3 is 2.83 bits per heavy atom. The summed E-state index contributed by atoms with van der Waals surface area (Å²) < 4.78 is 12.9. The Kier molecular flexibility index (Phi) is 4.37. The Morgan fingerprint density at radius 2 is 2.28 bits per heavy atom. The van der Waals surface area contributed by atoms with E-state index >= 15 is 0 Å². The minimum atomic E-state index is -0.208. The predicted molar refractivity (Wildman–Crippen MR) is 69.3 cm³/mol. The van der Waals surface area contributed by atoms with E-state index in [4.69, 9.17) is 15.2 Å². The second kappa shape index (κ2) is 5.82. The van der Waals surface area contributed by atoms with E-state index in [-0.39, 0.29) is 11.6 Å². The zero-order valence-corrected chi connectivity index (χ0v) is 11.3. The second-order valence-electron chi connectivity index (χ2n) is 5.05. The lowest BCUT2D eigenvalue weighted by Crippen LogP contribution is -2.53. The molecule has 1 saturated heterocycles. The second-order valence-corrected chi connectivity index (χ2v) is 5.05. The van der Waals surface area contributed by atoms with Crippen molar-refractivity contribution in [3.8, 4) is 0 Å². The lowest BCUT2D eigenvalue weighted by atomic mass is 9.83. The maximum Gasteiger partial charge on any atom is 0.0872 e. The van der Waals surface area contributed by atoms with Crippen molar-refractivity contribution in [2.75, 3.05) is 20.3 Å². The molecule has 1 atom stereocenters. The summed E-state index contributed by atoms with van der Waals surface area (Å²) in [6, 6.07) is 0.0478. The Bertz CT molecular complexity index is 372. The summed E-state index contributed by atoms with van der Waals surface area (Å²) >= 11 is 0.